The van der Waals surface area contributed by atoms with Crippen molar-refractivity contribution in [2.45, 2.75) is 25.7 Å². The first-order valence-electron chi connectivity index (χ1n) is 8.69. The number of benzene rings is 1. The van der Waals surface area contributed by atoms with Gasteiger partial charge in [-0.3, -0.25) is 4.79 Å². The van der Waals surface area contributed by atoms with Crippen molar-refractivity contribution >= 4 is 17.3 Å². The lowest BCUT2D eigenvalue weighted by molar-refractivity contribution is -0.123. The molecule has 0 radical (unpaired) electrons. The van der Waals surface area contributed by atoms with Gasteiger partial charge in [0.1, 0.15) is 0 Å². The Bertz CT molecular complexity index is 549. The summed E-state index contributed by atoms with van der Waals surface area (Å²) < 4.78 is 0. The topological polar surface area (TPSA) is 35.6 Å². The van der Waals surface area contributed by atoms with Gasteiger partial charge < -0.3 is 15.1 Å². The highest BCUT2D eigenvalue weighted by atomic mass is 16.2. The van der Waals surface area contributed by atoms with E-state index in [1.54, 1.807) is 0 Å². The third kappa shape index (κ3) is 2.72. The summed E-state index contributed by atoms with van der Waals surface area (Å²) in [6.45, 7) is 4.92. The fourth-order valence-electron chi connectivity index (χ4n) is 3.74. The minimum atomic E-state index is 0.198. The van der Waals surface area contributed by atoms with Crippen LogP contribution in [0.4, 0.5) is 11.4 Å². The fourth-order valence-corrected chi connectivity index (χ4v) is 3.74. The maximum atomic E-state index is 12.9. The molecular weight excluding hydrogens is 274 g/mol. The Morgan fingerprint density at radius 1 is 1.05 bits per heavy atom. The Hall–Kier alpha value is -1.55. The van der Waals surface area contributed by atoms with E-state index in [0.717, 1.165) is 57.2 Å². The lowest BCUT2D eigenvalue weighted by Gasteiger charge is -2.39. The molecule has 4 rings (SSSR count). The van der Waals surface area contributed by atoms with Crippen LogP contribution in [-0.4, -0.2) is 38.6 Å². The van der Waals surface area contributed by atoms with Crippen LogP contribution in [0.2, 0.25) is 0 Å². The van der Waals surface area contributed by atoms with Crippen LogP contribution in [0, 0.1) is 11.8 Å². The molecule has 22 heavy (non-hydrogen) atoms. The number of nitrogens with zero attached hydrogens (tertiary/aromatic N) is 2. The third-order valence-corrected chi connectivity index (χ3v) is 5.24. The molecule has 1 amide bonds. The van der Waals surface area contributed by atoms with Crippen molar-refractivity contribution in [1.82, 2.24) is 5.32 Å². The van der Waals surface area contributed by atoms with Crippen LogP contribution in [0.3, 0.4) is 0 Å². The van der Waals surface area contributed by atoms with Crippen molar-refractivity contribution in [3.8, 4) is 0 Å². The molecular formula is C18H25N3O. The molecule has 1 saturated carbocycles. The predicted molar refractivity (Wildman–Crippen MR) is 89.3 cm³/mol. The van der Waals surface area contributed by atoms with E-state index in [0.29, 0.717) is 5.91 Å². The van der Waals surface area contributed by atoms with Crippen molar-refractivity contribution in [3.63, 3.8) is 0 Å². The van der Waals surface area contributed by atoms with Gasteiger partial charge in [0.25, 0.3) is 0 Å². The van der Waals surface area contributed by atoms with E-state index < -0.39 is 0 Å². The minimum Gasteiger partial charge on any atom is -0.368 e. The summed E-state index contributed by atoms with van der Waals surface area (Å²) in [6.07, 6.45) is 4.69. The number of nitrogens with one attached hydrogen (secondary N) is 1. The number of hydrogen-bond acceptors (Lipinski definition) is 3. The number of fused-ring (bicyclic) bond motifs is 1. The van der Waals surface area contributed by atoms with Gasteiger partial charge in [-0.05, 0) is 56.8 Å². The van der Waals surface area contributed by atoms with Gasteiger partial charge in [0, 0.05) is 25.6 Å². The number of rotatable bonds is 3. The summed E-state index contributed by atoms with van der Waals surface area (Å²) in [4.78, 5) is 17.5. The standard InChI is InChI=1S/C18H25N3O/c22-18(15-7-9-19-10-8-15)21-12-11-20(13-14-5-6-14)16-3-1-2-4-17(16)21/h1-4,14-15,19H,5-13H2. The van der Waals surface area contributed by atoms with E-state index in [9.17, 15) is 4.79 Å². The summed E-state index contributed by atoms with van der Waals surface area (Å²) in [5.74, 6) is 1.41. The first-order valence-corrected chi connectivity index (χ1v) is 8.69. The van der Waals surface area contributed by atoms with Crippen LogP contribution in [0.25, 0.3) is 0 Å². The average molecular weight is 299 g/mol. The van der Waals surface area contributed by atoms with Crippen molar-refractivity contribution in [1.29, 1.82) is 0 Å². The number of amides is 1. The van der Waals surface area contributed by atoms with E-state index in [-0.39, 0.29) is 5.92 Å². The van der Waals surface area contributed by atoms with E-state index in [2.05, 4.69) is 39.4 Å². The molecule has 4 heteroatoms. The van der Waals surface area contributed by atoms with Crippen molar-refractivity contribution in [3.05, 3.63) is 24.3 Å². The molecule has 3 aliphatic rings. The smallest absolute Gasteiger partial charge is 0.230 e. The molecule has 2 aliphatic heterocycles. The molecule has 1 N–H and O–H groups in total. The average Bonchev–Trinajstić information content (AvgIpc) is 3.39. The van der Waals surface area contributed by atoms with E-state index in [1.807, 2.05) is 0 Å². The van der Waals surface area contributed by atoms with Gasteiger partial charge in [0.15, 0.2) is 0 Å². The monoisotopic (exact) mass is 299 g/mol. The number of carbonyl (C=O) groups is 1. The molecule has 0 bridgehead atoms. The van der Waals surface area contributed by atoms with Crippen molar-refractivity contribution < 1.29 is 4.79 Å². The molecule has 118 valence electrons. The Kier molecular flexibility index (Phi) is 3.78. The van der Waals surface area contributed by atoms with Crippen LogP contribution in [-0.2, 0) is 4.79 Å². The lowest BCUT2D eigenvalue weighted by atomic mass is 9.95. The highest BCUT2D eigenvalue weighted by Crippen LogP contribution is 2.38. The molecule has 4 nitrogen and oxygen atoms in total. The maximum absolute atomic E-state index is 12.9. The molecule has 0 atom stereocenters. The van der Waals surface area contributed by atoms with Crippen LogP contribution in [0.1, 0.15) is 25.7 Å². The number of para-hydroxylation sites is 2. The maximum Gasteiger partial charge on any atom is 0.230 e. The fraction of sp³-hybridized carbons (Fsp3) is 0.611. The summed E-state index contributed by atoms with van der Waals surface area (Å²) in [5, 5.41) is 3.35. The Morgan fingerprint density at radius 2 is 1.77 bits per heavy atom. The van der Waals surface area contributed by atoms with Crippen LogP contribution >= 0.6 is 0 Å². The second-order valence-electron chi connectivity index (χ2n) is 6.89. The number of carbonyl (C=O) groups excluding carboxylic acids is 1. The van der Waals surface area contributed by atoms with Crippen LogP contribution in [0.15, 0.2) is 24.3 Å². The summed E-state index contributed by atoms with van der Waals surface area (Å²) in [7, 11) is 0. The second-order valence-corrected chi connectivity index (χ2v) is 6.89. The number of piperidine rings is 1. The molecule has 2 fully saturated rings. The highest BCUT2D eigenvalue weighted by molar-refractivity contribution is 5.99. The van der Waals surface area contributed by atoms with Crippen LogP contribution < -0.4 is 15.1 Å². The first-order chi connectivity index (χ1) is 10.8. The summed E-state index contributed by atoms with van der Waals surface area (Å²) in [6, 6.07) is 8.45. The van der Waals surface area contributed by atoms with Gasteiger partial charge in [-0.2, -0.15) is 0 Å². The Balaban J connectivity index is 1.56. The van der Waals surface area contributed by atoms with Gasteiger partial charge in [-0.25, -0.2) is 0 Å². The molecule has 0 aromatic heterocycles. The molecule has 1 saturated heterocycles. The largest absolute Gasteiger partial charge is 0.368 e. The van der Waals surface area contributed by atoms with Crippen molar-refractivity contribution in [2.24, 2.45) is 11.8 Å². The van der Waals surface area contributed by atoms with Crippen molar-refractivity contribution in [2.75, 3.05) is 42.5 Å². The SMILES string of the molecule is O=C(C1CCNCC1)N1CCN(CC2CC2)c2ccccc21. The minimum absolute atomic E-state index is 0.198. The van der Waals surface area contributed by atoms with Gasteiger partial charge in [0.2, 0.25) is 5.91 Å². The molecule has 0 unspecified atom stereocenters. The molecule has 1 aromatic rings. The third-order valence-electron chi connectivity index (χ3n) is 5.24. The Labute approximate surface area is 132 Å². The zero-order chi connectivity index (χ0) is 14.9. The highest BCUT2D eigenvalue weighted by Gasteiger charge is 2.33. The quantitative estimate of drug-likeness (QED) is 0.930. The van der Waals surface area contributed by atoms with Gasteiger partial charge in [-0.15, -0.1) is 0 Å². The molecule has 0 spiro atoms. The number of anilines is 2. The summed E-state index contributed by atoms with van der Waals surface area (Å²) >= 11 is 0. The Morgan fingerprint density at radius 3 is 2.50 bits per heavy atom. The van der Waals surface area contributed by atoms with E-state index in [1.165, 1.54) is 18.5 Å². The zero-order valence-electron chi connectivity index (χ0n) is 13.1. The van der Waals surface area contributed by atoms with E-state index in [4.69, 9.17) is 0 Å². The number of hydrogen-bond donors (Lipinski definition) is 1. The molecule has 1 aromatic carbocycles. The normalized spacial score (nSPS) is 22.5. The second kappa shape index (κ2) is 5.92. The molecule has 2 heterocycles. The van der Waals surface area contributed by atoms with Gasteiger partial charge in [-0.1, -0.05) is 12.1 Å². The van der Waals surface area contributed by atoms with Gasteiger partial charge in [0.05, 0.1) is 11.4 Å². The zero-order valence-corrected chi connectivity index (χ0v) is 13.1. The molecule has 1 aliphatic carbocycles. The van der Waals surface area contributed by atoms with Gasteiger partial charge >= 0.3 is 0 Å². The first kappa shape index (κ1) is 14.1. The van der Waals surface area contributed by atoms with E-state index >= 15 is 0 Å². The predicted octanol–water partition coefficient (Wildman–Crippen LogP) is 2.25. The van der Waals surface area contributed by atoms with Crippen LogP contribution in [0.5, 0.6) is 0 Å². The lowest BCUT2D eigenvalue weighted by Crippen LogP contribution is -2.48. The summed E-state index contributed by atoms with van der Waals surface area (Å²) in [5.41, 5.74) is 2.38.